The van der Waals surface area contributed by atoms with Crippen LogP contribution < -0.4 is 4.90 Å². The molecule has 3 rings (SSSR count). The van der Waals surface area contributed by atoms with Crippen molar-refractivity contribution >= 4 is 11.6 Å². The standard InChI is InChI=1S/C25H34N2O/c1-3-11-22-20-26(18-16-21-12-7-5-8-13-21)19-17-24(22)27(25(28)4-2)23-14-9-6-10-15-23/h5-10,12-15,22,24H,3-4,11,16-20H2,1-2H3. The maximum Gasteiger partial charge on any atom is 0.226 e. The smallest absolute Gasteiger partial charge is 0.226 e. The Morgan fingerprint density at radius 1 is 1.04 bits per heavy atom. The van der Waals surface area contributed by atoms with Crippen molar-refractivity contribution in [2.45, 2.75) is 52.0 Å². The molecule has 0 radical (unpaired) electrons. The van der Waals surface area contributed by atoms with Crippen LogP contribution in [0.25, 0.3) is 0 Å². The van der Waals surface area contributed by atoms with Crippen LogP contribution in [0.2, 0.25) is 0 Å². The van der Waals surface area contributed by atoms with Crippen molar-refractivity contribution in [3.05, 3.63) is 66.2 Å². The summed E-state index contributed by atoms with van der Waals surface area (Å²) < 4.78 is 0. The van der Waals surface area contributed by atoms with Crippen LogP contribution in [0.15, 0.2) is 60.7 Å². The van der Waals surface area contributed by atoms with E-state index in [1.165, 1.54) is 12.0 Å². The van der Waals surface area contributed by atoms with Crippen LogP contribution in [0.5, 0.6) is 0 Å². The summed E-state index contributed by atoms with van der Waals surface area (Å²) in [5.74, 6) is 0.778. The minimum atomic E-state index is 0.245. The summed E-state index contributed by atoms with van der Waals surface area (Å²) in [5, 5.41) is 0. The summed E-state index contributed by atoms with van der Waals surface area (Å²) in [6.45, 7) is 7.49. The molecule has 1 amide bonds. The van der Waals surface area contributed by atoms with Crippen molar-refractivity contribution in [1.82, 2.24) is 4.90 Å². The fourth-order valence-corrected chi connectivity index (χ4v) is 4.50. The third kappa shape index (κ3) is 5.23. The zero-order valence-corrected chi connectivity index (χ0v) is 17.4. The first-order valence-electron chi connectivity index (χ1n) is 10.9. The van der Waals surface area contributed by atoms with E-state index in [2.05, 4.69) is 59.2 Å². The van der Waals surface area contributed by atoms with E-state index < -0.39 is 0 Å². The number of hydrogen-bond donors (Lipinski definition) is 0. The van der Waals surface area contributed by atoms with E-state index in [1.54, 1.807) is 0 Å². The minimum absolute atomic E-state index is 0.245. The predicted molar refractivity (Wildman–Crippen MR) is 118 cm³/mol. The van der Waals surface area contributed by atoms with Gasteiger partial charge in [0.1, 0.15) is 0 Å². The summed E-state index contributed by atoms with van der Waals surface area (Å²) in [6.07, 6.45) is 5.05. The van der Waals surface area contributed by atoms with Gasteiger partial charge in [-0.25, -0.2) is 0 Å². The van der Waals surface area contributed by atoms with Crippen molar-refractivity contribution in [3.8, 4) is 0 Å². The van der Waals surface area contributed by atoms with Crippen LogP contribution >= 0.6 is 0 Å². The van der Waals surface area contributed by atoms with Crippen LogP contribution in [-0.2, 0) is 11.2 Å². The number of benzene rings is 2. The summed E-state index contributed by atoms with van der Waals surface area (Å²) in [5.41, 5.74) is 2.46. The highest BCUT2D eigenvalue weighted by Gasteiger charge is 2.35. The first-order valence-corrected chi connectivity index (χ1v) is 10.9. The zero-order valence-electron chi connectivity index (χ0n) is 17.4. The molecular formula is C25H34N2O. The topological polar surface area (TPSA) is 23.6 Å². The van der Waals surface area contributed by atoms with E-state index in [-0.39, 0.29) is 5.91 Å². The number of anilines is 1. The molecule has 150 valence electrons. The molecule has 1 heterocycles. The molecule has 0 aromatic heterocycles. The first-order chi connectivity index (χ1) is 13.7. The Labute approximate surface area is 170 Å². The van der Waals surface area contributed by atoms with Crippen LogP contribution in [-0.4, -0.2) is 36.5 Å². The number of carbonyl (C=O) groups is 1. The van der Waals surface area contributed by atoms with Gasteiger partial charge in [-0.3, -0.25) is 4.79 Å². The molecule has 2 aromatic carbocycles. The van der Waals surface area contributed by atoms with E-state index in [0.29, 0.717) is 18.4 Å². The largest absolute Gasteiger partial charge is 0.309 e. The first kappa shape index (κ1) is 20.6. The SMILES string of the molecule is CCCC1CN(CCc2ccccc2)CCC1N(C(=O)CC)c1ccccc1. The van der Waals surface area contributed by atoms with Crippen molar-refractivity contribution in [2.75, 3.05) is 24.5 Å². The van der Waals surface area contributed by atoms with Gasteiger partial charge in [0, 0.05) is 37.8 Å². The third-order valence-electron chi connectivity index (χ3n) is 5.93. The summed E-state index contributed by atoms with van der Waals surface area (Å²) in [7, 11) is 0. The molecule has 1 aliphatic rings. The summed E-state index contributed by atoms with van der Waals surface area (Å²) >= 11 is 0. The number of nitrogens with zero attached hydrogens (tertiary/aromatic N) is 2. The second-order valence-electron chi connectivity index (χ2n) is 7.89. The lowest BCUT2D eigenvalue weighted by Gasteiger charge is -2.44. The Balaban J connectivity index is 1.71. The fourth-order valence-electron chi connectivity index (χ4n) is 4.50. The van der Waals surface area contributed by atoms with Crippen molar-refractivity contribution in [2.24, 2.45) is 5.92 Å². The Kier molecular flexibility index (Phi) is 7.67. The average molecular weight is 379 g/mol. The highest BCUT2D eigenvalue weighted by atomic mass is 16.2. The van der Waals surface area contributed by atoms with Crippen LogP contribution in [0.3, 0.4) is 0 Å². The molecule has 2 unspecified atom stereocenters. The van der Waals surface area contributed by atoms with Gasteiger partial charge in [0.2, 0.25) is 5.91 Å². The number of carbonyl (C=O) groups excluding carboxylic acids is 1. The minimum Gasteiger partial charge on any atom is -0.309 e. The molecule has 1 saturated heterocycles. The summed E-state index contributed by atoms with van der Waals surface area (Å²) in [6, 6.07) is 21.3. The lowest BCUT2D eigenvalue weighted by molar-refractivity contribution is -0.119. The Hall–Kier alpha value is -2.13. The molecule has 0 spiro atoms. The molecule has 1 aliphatic heterocycles. The Morgan fingerprint density at radius 3 is 2.36 bits per heavy atom. The van der Waals surface area contributed by atoms with Crippen molar-refractivity contribution < 1.29 is 4.79 Å². The Morgan fingerprint density at radius 2 is 1.71 bits per heavy atom. The zero-order chi connectivity index (χ0) is 19.8. The van der Waals surface area contributed by atoms with Gasteiger partial charge >= 0.3 is 0 Å². The van der Waals surface area contributed by atoms with Crippen LogP contribution in [0, 0.1) is 5.92 Å². The molecular weight excluding hydrogens is 344 g/mol. The number of likely N-dealkylation sites (tertiary alicyclic amines) is 1. The van der Waals surface area contributed by atoms with E-state index in [9.17, 15) is 4.79 Å². The van der Waals surface area contributed by atoms with Gasteiger partial charge in [-0.1, -0.05) is 68.8 Å². The molecule has 1 fully saturated rings. The molecule has 2 atom stereocenters. The maximum absolute atomic E-state index is 12.9. The van der Waals surface area contributed by atoms with E-state index >= 15 is 0 Å². The molecule has 0 saturated carbocycles. The molecule has 0 aliphatic carbocycles. The van der Waals surface area contributed by atoms with E-state index in [0.717, 1.165) is 44.6 Å². The highest BCUT2D eigenvalue weighted by Crippen LogP contribution is 2.30. The number of amides is 1. The monoisotopic (exact) mass is 378 g/mol. The lowest BCUT2D eigenvalue weighted by atomic mass is 9.86. The number of hydrogen-bond acceptors (Lipinski definition) is 2. The molecule has 0 bridgehead atoms. The number of piperidine rings is 1. The number of rotatable bonds is 8. The van der Waals surface area contributed by atoms with Crippen molar-refractivity contribution in [1.29, 1.82) is 0 Å². The molecule has 3 heteroatoms. The molecule has 28 heavy (non-hydrogen) atoms. The number of para-hydroxylation sites is 1. The second kappa shape index (κ2) is 10.4. The van der Waals surface area contributed by atoms with Gasteiger partial charge in [-0.05, 0) is 42.9 Å². The van der Waals surface area contributed by atoms with Gasteiger partial charge in [0.15, 0.2) is 0 Å². The normalized spacial score (nSPS) is 20.1. The quantitative estimate of drug-likeness (QED) is 0.633. The van der Waals surface area contributed by atoms with Gasteiger partial charge < -0.3 is 9.80 Å². The average Bonchev–Trinajstić information content (AvgIpc) is 2.75. The molecule has 2 aromatic rings. The fraction of sp³-hybridized carbons (Fsp3) is 0.480. The third-order valence-corrected chi connectivity index (χ3v) is 5.93. The van der Waals surface area contributed by atoms with E-state index in [4.69, 9.17) is 0 Å². The summed E-state index contributed by atoms with van der Waals surface area (Å²) in [4.78, 5) is 17.6. The molecule has 3 nitrogen and oxygen atoms in total. The second-order valence-corrected chi connectivity index (χ2v) is 7.89. The predicted octanol–water partition coefficient (Wildman–Crippen LogP) is 5.16. The Bertz CT molecular complexity index is 716. The lowest BCUT2D eigenvalue weighted by Crippen LogP contribution is -2.53. The van der Waals surface area contributed by atoms with Gasteiger partial charge in [0.25, 0.3) is 0 Å². The van der Waals surface area contributed by atoms with Gasteiger partial charge in [-0.2, -0.15) is 0 Å². The van der Waals surface area contributed by atoms with Gasteiger partial charge in [0.05, 0.1) is 0 Å². The van der Waals surface area contributed by atoms with Crippen LogP contribution in [0.4, 0.5) is 5.69 Å². The molecule has 0 N–H and O–H groups in total. The van der Waals surface area contributed by atoms with Crippen LogP contribution in [0.1, 0.15) is 45.1 Å². The highest BCUT2D eigenvalue weighted by molar-refractivity contribution is 5.93. The van der Waals surface area contributed by atoms with Crippen molar-refractivity contribution in [3.63, 3.8) is 0 Å². The maximum atomic E-state index is 12.9. The van der Waals surface area contributed by atoms with Gasteiger partial charge in [-0.15, -0.1) is 0 Å². The van der Waals surface area contributed by atoms with E-state index in [1.807, 2.05) is 25.1 Å².